The van der Waals surface area contributed by atoms with Crippen molar-refractivity contribution in [3.63, 3.8) is 0 Å². The van der Waals surface area contributed by atoms with Crippen LogP contribution in [0.15, 0.2) is 18.2 Å². The Morgan fingerprint density at radius 3 is 3.00 bits per heavy atom. The van der Waals surface area contributed by atoms with Crippen molar-refractivity contribution < 1.29 is 9.53 Å². The fraction of sp³-hybridized carbons (Fsp3) is 0.500. The number of benzene rings is 1. The van der Waals surface area contributed by atoms with Gasteiger partial charge in [-0.15, -0.1) is 0 Å². The van der Waals surface area contributed by atoms with E-state index >= 15 is 0 Å². The van der Waals surface area contributed by atoms with Gasteiger partial charge in [0.15, 0.2) is 0 Å². The molecule has 2 heterocycles. The number of nitrogens with one attached hydrogen (secondary N) is 1. The predicted molar refractivity (Wildman–Crippen MR) is 70.1 cm³/mol. The standard InChI is InChI=1S/C14H18N2O2/c1-16-13-7-9(18-2)3-4-10(13)12-8-15-6-5-11(12)14(16)17/h3-4,7,11-12,15H,5-6,8H2,1-2H3. The molecule has 1 N–H and O–H groups in total. The smallest absolute Gasteiger partial charge is 0.230 e. The molecule has 3 rings (SSSR count). The van der Waals surface area contributed by atoms with Crippen LogP contribution >= 0.6 is 0 Å². The molecule has 0 radical (unpaired) electrons. The highest BCUT2D eigenvalue weighted by atomic mass is 16.5. The number of carbonyl (C=O) groups excluding carboxylic acids is 1. The van der Waals surface area contributed by atoms with E-state index in [9.17, 15) is 4.79 Å². The molecule has 1 amide bonds. The first-order valence-electron chi connectivity index (χ1n) is 6.38. The fourth-order valence-electron chi connectivity index (χ4n) is 3.10. The van der Waals surface area contributed by atoms with Crippen LogP contribution in [0, 0.1) is 5.92 Å². The van der Waals surface area contributed by atoms with Crippen LogP contribution in [0.4, 0.5) is 5.69 Å². The number of hydrogen-bond donors (Lipinski definition) is 1. The Morgan fingerprint density at radius 2 is 2.22 bits per heavy atom. The van der Waals surface area contributed by atoms with Gasteiger partial charge in [0.2, 0.25) is 5.91 Å². The van der Waals surface area contributed by atoms with Gasteiger partial charge in [0, 0.05) is 31.5 Å². The number of rotatable bonds is 1. The Kier molecular flexibility index (Phi) is 2.74. The van der Waals surface area contributed by atoms with Crippen LogP contribution in [0.25, 0.3) is 0 Å². The second-order valence-corrected chi connectivity index (χ2v) is 5.03. The number of piperidine rings is 1. The maximum atomic E-state index is 12.4. The third-order valence-electron chi connectivity index (χ3n) is 4.13. The van der Waals surface area contributed by atoms with Crippen molar-refractivity contribution in [2.24, 2.45) is 5.92 Å². The van der Waals surface area contributed by atoms with Crippen LogP contribution in [-0.4, -0.2) is 33.2 Å². The lowest BCUT2D eigenvalue weighted by Gasteiger charge is -2.40. The lowest BCUT2D eigenvalue weighted by Crippen LogP contribution is -2.47. The number of carbonyl (C=O) groups is 1. The van der Waals surface area contributed by atoms with Gasteiger partial charge in [-0.1, -0.05) is 6.07 Å². The van der Waals surface area contributed by atoms with E-state index in [-0.39, 0.29) is 11.8 Å². The van der Waals surface area contributed by atoms with E-state index in [2.05, 4.69) is 11.4 Å². The summed E-state index contributed by atoms with van der Waals surface area (Å²) in [5.41, 5.74) is 2.25. The van der Waals surface area contributed by atoms with Crippen molar-refractivity contribution >= 4 is 11.6 Å². The zero-order valence-electron chi connectivity index (χ0n) is 10.8. The van der Waals surface area contributed by atoms with Gasteiger partial charge in [0.1, 0.15) is 5.75 Å². The molecule has 1 saturated heterocycles. The lowest BCUT2D eigenvalue weighted by atomic mass is 9.77. The van der Waals surface area contributed by atoms with E-state index in [1.54, 1.807) is 12.0 Å². The highest BCUT2D eigenvalue weighted by Gasteiger charge is 2.40. The number of nitrogens with zero attached hydrogens (tertiary/aromatic N) is 1. The summed E-state index contributed by atoms with van der Waals surface area (Å²) in [6.45, 7) is 1.83. The molecule has 2 atom stereocenters. The van der Waals surface area contributed by atoms with Crippen molar-refractivity contribution in [3.05, 3.63) is 23.8 Å². The largest absolute Gasteiger partial charge is 0.497 e. The molecule has 96 valence electrons. The van der Waals surface area contributed by atoms with E-state index < -0.39 is 0 Å². The highest BCUT2D eigenvalue weighted by molar-refractivity contribution is 5.98. The SMILES string of the molecule is COc1ccc2c(c1)N(C)C(=O)C1CCNCC21. The van der Waals surface area contributed by atoms with Gasteiger partial charge in [0.05, 0.1) is 12.8 Å². The zero-order chi connectivity index (χ0) is 12.7. The van der Waals surface area contributed by atoms with Crippen molar-refractivity contribution in [3.8, 4) is 5.75 Å². The summed E-state index contributed by atoms with van der Waals surface area (Å²) in [7, 11) is 3.51. The second kappa shape index (κ2) is 4.28. The van der Waals surface area contributed by atoms with Gasteiger partial charge >= 0.3 is 0 Å². The molecule has 1 fully saturated rings. The average molecular weight is 246 g/mol. The number of anilines is 1. The summed E-state index contributed by atoms with van der Waals surface area (Å²) in [4.78, 5) is 14.2. The summed E-state index contributed by atoms with van der Waals surface area (Å²) in [5.74, 6) is 1.48. The van der Waals surface area contributed by atoms with E-state index in [0.717, 1.165) is 30.9 Å². The Balaban J connectivity index is 2.09. The van der Waals surface area contributed by atoms with E-state index in [4.69, 9.17) is 4.74 Å². The van der Waals surface area contributed by atoms with Crippen molar-refractivity contribution in [2.45, 2.75) is 12.3 Å². The number of fused-ring (bicyclic) bond motifs is 3. The normalized spacial score (nSPS) is 26.6. The lowest BCUT2D eigenvalue weighted by molar-refractivity contribution is -0.123. The Bertz CT molecular complexity index is 487. The molecule has 4 nitrogen and oxygen atoms in total. The maximum absolute atomic E-state index is 12.4. The molecule has 18 heavy (non-hydrogen) atoms. The minimum atomic E-state index is 0.136. The average Bonchev–Trinajstić information content (AvgIpc) is 2.44. The first-order valence-corrected chi connectivity index (χ1v) is 6.38. The van der Waals surface area contributed by atoms with Crippen LogP contribution in [0.2, 0.25) is 0 Å². The zero-order valence-corrected chi connectivity index (χ0v) is 10.8. The number of amides is 1. The summed E-state index contributed by atoms with van der Waals surface area (Å²) >= 11 is 0. The summed E-state index contributed by atoms with van der Waals surface area (Å²) < 4.78 is 5.25. The van der Waals surface area contributed by atoms with Gasteiger partial charge in [0.25, 0.3) is 0 Å². The minimum absolute atomic E-state index is 0.136. The molecule has 2 aliphatic heterocycles. The molecule has 1 aromatic carbocycles. The van der Waals surface area contributed by atoms with Gasteiger partial charge in [-0.3, -0.25) is 4.79 Å². The Labute approximate surface area is 107 Å². The molecule has 2 aliphatic rings. The third-order valence-corrected chi connectivity index (χ3v) is 4.13. The van der Waals surface area contributed by atoms with Crippen LogP contribution < -0.4 is 15.0 Å². The first-order chi connectivity index (χ1) is 8.72. The topological polar surface area (TPSA) is 41.6 Å². The third kappa shape index (κ3) is 1.60. The summed E-state index contributed by atoms with van der Waals surface area (Å²) in [5, 5.41) is 3.39. The van der Waals surface area contributed by atoms with Gasteiger partial charge in [-0.05, 0) is 24.6 Å². The van der Waals surface area contributed by atoms with Gasteiger partial charge in [-0.25, -0.2) is 0 Å². The van der Waals surface area contributed by atoms with Gasteiger partial charge < -0.3 is 15.0 Å². The first kappa shape index (κ1) is 11.5. The molecule has 1 aromatic rings. The summed E-state index contributed by atoms with van der Waals surface area (Å²) in [6.07, 6.45) is 0.930. The number of methoxy groups -OCH3 is 1. The molecular weight excluding hydrogens is 228 g/mol. The van der Waals surface area contributed by atoms with Crippen molar-refractivity contribution in [2.75, 3.05) is 32.1 Å². The van der Waals surface area contributed by atoms with Crippen LogP contribution in [0.3, 0.4) is 0 Å². The van der Waals surface area contributed by atoms with E-state index in [0.29, 0.717) is 5.92 Å². The maximum Gasteiger partial charge on any atom is 0.230 e. The molecule has 0 saturated carbocycles. The molecule has 4 heteroatoms. The van der Waals surface area contributed by atoms with Crippen molar-refractivity contribution in [1.29, 1.82) is 0 Å². The molecule has 0 bridgehead atoms. The second-order valence-electron chi connectivity index (χ2n) is 5.03. The number of hydrogen-bond acceptors (Lipinski definition) is 3. The molecule has 0 aliphatic carbocycles. The molecular formula is C14H18N2O2. The fourth-order valence-corrected chi connectivity index (χ4v) is 3.10. The van der Waals surface area contributed by atoms with Crippen LogP contribution in [0.5, 0.6) is 5.75 Å². The summed E-state index contributed by atoms with van der Waals surface area (Å²) in [6, 6.07) is 6.04. The van der Waals surface area contributed by atoms with Gasteiger partial charge in [-0.2, -0.15) is 0 Å². The predicted octanol–water partition coefficient (Wildman–Crippen LogP) is 1.36. The molecule has 0 aromatic heterocycles. The minimum Gasteiger partial charge on any atom is -0.497 e. The van der Waals surface area contributed by atoms with E-state index in [1.165, 1.54) is 5.56 Å². The van der Waals surface area contributed by atoms with Crippen LogP contribution in [-0.2, 0) is 4.79 Å². The quantitative estimate of drug-likeness (QED) is 0.813. The van der Waals surface area contributed by atoms with E-state index in [1.807, 2.05) is 19.2 Å². The molecule has 0 spiro atoms. The highest BCUT2D eigenvalue weighted by Crippen LogP contribution is 2.42. The molecule has 2 unspecified atom stereocenters. The Morgan fingerprint density at radius 1 is 1.39 bits per heavy atom. The Hall–Kier alpha value is -1.55. The monoisotopic (exact) mass is 246 g/mol. The number of ether oxygens (including phenoxy) is 1. The van der Waals surface area contributed by atoms with Crippen molar-refractivity contribution in [1.82, 2.24) is 5.32 Å². The van der Waals surface area contributed by atoms with Crippen LogP contribution in [0.1, 0.15) is 17.9 Å².